The zero-order chi connectivity index (χ0) is 9.84. The second-order valence-corrected chi connectivity index (χ2v) is 3.44. The highest BCUT2D eigenvalue weighted by Crippen LogP contribution is 2.19. The summed E-state index contributed by atoms with van der Waals surface area (Å²) in [5, 5.41) is -0.203. The van der Waals surface area contributed by atoms with Crippen molar-refractivity contribution in [3.63, 3.8) is 0 Å². The quantitative estimate of drug-likeness (QED) is 0.546. The highest BCUT2D eigenvalue weighted by Gasteiger charge is 1.99. The van der Waals surface area contributed by atoms with Crippen LogP contribution in [0.2, 0.25) is 0 Å². The van der Waals surface area contributed by atoms with E-state index in [4.69, 9.17) is 23.2 Å². The van der Waals surface area contributed by atoms with E-state index in [9.17, 15) is 4.79 Å². The molecular weight excluding hydrogens is 207 g/mol. The van der Waals surface area contributed by atoms with Gasteiger partial charge in [0.25, 0.3) is 0 Å². The van der Waals surface area contributed by atoms with E-state index in [-0.39, 0.29) is 0 Å². The van der Waals surface area contributed by atoms with Gasteiger partial charge >= 0.3 is 0 Å². The summed E-state index contributed by atoms with van der Waals surface area (Å²) in [7, 11) is 0. The molecule has 1 rings (SSSR count). The van der Waals surface area contributed by atoms with Crippen molar-refractivity contribution in [2.45, 2.75) is 6.92 Å². The Morgan fingerprint density at radius 2 is 1.77 bits per heavy atom. The third-order valence-electron chi connectivity index (χ3n) is 1.57. The van der Waals surface area contributed by atoms with Crippen LogP contribution >= 0.6 is 23.2 Å². The molecule has 68 valence electrons. The lowest BCUT2D eigenvalue weighted by Gasteiger charge is -1.98. The largest absolute Gasteiger partial charge is 0.276 e. The van der Waals surface area contributed by atoms with Crippen LogP contribution in [0.15, 0.2) is 30.3 Å². The SMILES string of the molecule is Cc1ccc(/C(Cl)=C/C(=O)Cl)cc1. The molecular formula is C10H8Cl2O. The molecule has 0 spiro atoms. The summed E-state index contributed by atoms with van der Waals surface area (Å²) in [5.41, 5.74) is 1.94. The normalized spacial score (nSPS) is 11.5. The summed E-state index contributed by atoms with van der Waals surface area (Å²) in [6.07, 6.45) is 1.19. The molecule has 0 aromatic heterocycles. The van der Waals surface area contributed by atoms with Crippen molar-refractivity contribution in [3.8, 4) is 0 Å². The van der Waals surface area contributed by atoms with Gasteiger partial charge in [0.2, 0.25) is 5.24 Å². The van der Waals surface area contributed by atoms with E-state index >= 15 is 0 Å². The second kappa shape index (κ2) is 4.45. The number of aryl methyl sites for hydroxylation is 1. The topological polar surface area (TPSA) is 17.1 Å². The molecule has 3 heteroatoms. The van der Waals surface area contributed by atoms with Gasteiger partial charge in [-0.05, 0) is 24.1 Å². The molecule has 1 nitrogen and oxygen atoms in total. The van der Waals surface area contributed by atoms with Crippen molar-refractivity contribution in [2.24, 2.45) is 0 Å². The molecule has 0 radical (unpaired) electrons. The summed E-state index contributed by atoms with van der Waals surface area (Å²) in [5.74, 6) is 0. The number of halogens is 2. The minimum Gasteiger partial charge on any atom is -0.276 e. The third kappa shape index (κ3) is 3.21. The molecule has 0 aliphatic rings. The number of allylic oxidation sites excluding steroid dienone is 1. The van der Waals surface area contributed by atoms with E-state index in [0.717, 1.165) is 11.1 Å². The van der Waals surface area contributed by atoms with Crippen LogP contribution in [0.5, 0.6) is 0 Å². The molecule has 13 heavy (non-hydrogen) atoms. The number of carbonyl (C=O) groups excluding carboxylic acids is 1. The van der Waals surface area contributed by atoms with Gasteiger partial charge in [0.05, 0.1) is 5.03 Å². The summed E-state index contributed by atoms with van der Waals surface area (Å²) < 4.78 is 0. The predicted octanol–water partition coefficient (Wildman–Crippen LogP) is 3.34. The molecule has 0 saturated carbocycles. The lowest BCUT2D eigenvalue weighted by Crippen LogP contribution is -1.82. The Hall–Kier alpha value is -0.790. The Bertz CT molecular complexity index is 338. The Morgan fingerprint density at radius 3 is 2.23 bits per heavy atom. The van der Waals surface area contributed by atoms with Gasteiger partial charge in [0.15, 0.2) is 0 Å². The fourth-order valence-corrected chi connectivity index (χ4v) is 1.29. The minimum absolute atomic E-state index is 0.361. The number of hydrogen-bond donors (Lipinski definition) is 0. The fourth-order valence-electron chi connectivity index (χ4n) is 0.896. The molecule has 1 aromatic carbocycles. The zero-order valence-corrected chi connectivity index (χ0v) is 8.56. The summed E-state index contributed by atoms with van der Waals surface area (Å²) in [4.78, 5) is 10.5. The van der Waals surface area contributed by atoms with Gasteiger partial charge in [-0.1, -0.05) is 41.4 Å². The van der Waals surface area contributed by atoms with Gasteiger partial charge in [-0.2, -0.15) is 0 Å². The molecule has 1 aromatic rings. The van der Waals surface area contributed by atoms with Crippen LogP contribution in [0.3, 0.4) is 0 Å². The van der Waals surface area contributed by atoms with Crippen LogP contribution in [-0.2, 0) is 4.79 Å². The predicted molar refractivity (Wildman–Crippen MR) is 55.9 cm³/mol. The zero-order valence-electron chi connectivity index (χ0n) is 7.05. The maximum Gasteiger partial charge on any atom is 0.246 e. The summed E-state index contributed by atoms with van der Waals surface area (Å²) in [6.45, 7) is 1.98. The first-order valence-electron chi connectivity index (χ1n) is 3.73. The average Bonchev–Trinajstić information content (AvgIpc) is 2.04. The van der Waals surface area contributed by atoms with Crippen molar-refractivity contribution < 1.29 is 4.79 Å². The molecule has 0 saturated heterocycles. The third-order valence-corrected chi connectivity index (χ3v) is 2.00. The number of hydrogen-bond acceptors (Lipinski definition) is 1. The van der Waals surface area contributed by atoms with Gasteiger partial charge in [0, 0.05) is 6.08 Å². The van der Waals surface area contributed by atoms with E-state index in [2.05, 4.69) is 0 Å². The average molecular weight is 215 g/mol. The number of benzene rings is 1. The fraction of sp³-hybridized carbons (Fsp3) is 0.100. The van der Waals surface area contributed by atoms with Crippen LogP contribution in [0.4, 0.5) is 0 Å². The first-order valence-corrected chi connectivity index (χ1v) is 4.49. The maximum absolute atomic E-state index is 10.5. The standard InChI is InChI=1S/C10H8Cl2O/c1-7-2-4-8(5-3-7)9(11)6-10(12)13/h2-6H,1H3/b9-6-. The smallest absolute Gasteiger partial charge is 0.246 e. The van der Waals surface area contributed by atoms with Gasteiger partial charge in [-0.3, -0.25) is 4.79 Å². The highest BCUT2D eigenvalue weighted by molar-refractivity contribution is 6.68. The van der Waals surface area contributed by atoms with E-state index in [0.29, 0.717) is 5.03 Å². The molecule has 0 unspecified atom stereocenters. The first kappa shape index (κ1) is 10.3. The van der Waals surface area contributed by atoms with Crippen molar-refractivity contribution in [3.05, 3.63) is 41.5 Å². The van der Waals surface area contributed by atoms with Crippen molar-refractivity contribution in [1.29, 1.82) is 0 Å². The van der Waals surface area contributed by atoms with E-state index < -0.39 is 5.24 Å². The molecule has 0 atom stereocenters. The maximum atomic E-state index is 10.5. The molecule has 0 fully saturated rings. The second-order valence-electron chi connectivity index (χ2n) is 2.66. The molecule has 0 bridgehead atoms. The van der Waals surface area contributed by atoms with Crippen LogP contribution in [0.25, 0.3) is 5.03 Å². The molecule has 0 amide bonds. The Labute approximate surface area is 87.0 Å². The Morgan fingerprint density at radius 1 is 1.23 bits per heavy atom. The molecule has 0 N–H and O–H groups in total. The number of carbonyl (C=O) groups is 1. The van der Waals surface area contributed by atoms with Gasteiger partial charge in [0.1, 0.15) is 0 Å². The van der Waals surface area contributed by atoms with Crippen LogP contribution < -0.4 is 0 Å². The highest BCUT2D eigenvalue weighted by atomic mass is 35.5. The van der Waals surface area contributed by atoms with Gasteiger partial charge < -0.3 is 0 Å². The van der Waals surface area contributed by atoms with Crippen molar-refractivity contribution in [2.75, 3.05) is 0 Å². The van der Waals surface area contributed by atoms with E-state index in [1.807, 2.05) is 31.2 Å². The van der Waals surface area contributed by atoms with Crippen LogP contribution in [0.1, 0.15) is 11.1 Å². The monoisotopic (exact) mass is 214 g/mol. The van der Waals surface area contributed by atoms with Crippen molar-refractivity contribution in [1.82, 2.24) is 0 Å². The van der Waals surface area contributed by atoms with E-state index in [1.165, 1.54) is 6.08 Å². The lowest BCUT2D eigenvalue weighted by molar-refractivity contribution is -0.107. The lowest BCUT2D eigenvalue weighted by atomic mass is 10.1. The van der Waals surface area contributed by atoms with E-state index in [1.54, 1.807) is 0 Å². The molecule has 0 aliphatic carbocycles. The summed E-state index contributed by atoms with van der Waals surface area (Å²) >= 11 is 11.0. The van der Waals surface area contributed by atoms with Gasteiger partial charge in [-0.15, -0.1) is 0 Å². The van der Waals surface area contributed by atoms with Gasteiger partial charge in [-0.25, -0.2) is 0 Å². The minimum atomic E-state index is -0.564. The Kier molecular flexibility index (Phi) is 3.52. The number of rotatable bonds is 2. The molecule has 0 heterocycles. The first-order chi connectivity index (χ1) is 6.09. The van der Waals surface area contributed by atoms with Crippen molar-refractivity contribution >= 4 is 33.5 Å². The van der Waals surface area contributed by atoms with Crippen LogP contribution in [-0.4, -0.2) is 5.24 Å². The van der Waals surface area contributed by atoms with Crippen LogP contribution in [0, 0.1) is 6.92 Å². The Balaban J connectivity index is 2.96. The summed E-state index contributed by atoms with van der Waals surface area (Å²) in [6, 6.07) is 7.52. The molecule has 0 aliphatic heterocycles.